The van der Waals surface area contributed by atoms with Gasteiger partial charge in [0.2, 0.25) is 0 Å². The quantitative estimate of drug-likeness (QED) is 0.880. The Morgan fingerprint density at radius 2 is 1.94 bits per heavy atom. The highest BCUT2D eigenvalue weighted by atomic mass is 79.9. The molecule has 6 heteroatoms. The lowest BCUT2D eigenvalue weighted by molar-refractivity contribution is -0.137. The van der Waals surface area contributed by atoms with Gasteiger partial charge in [-0.3, -0.25) is 0 Å². The Morgan fingerprint density at radius 3 is 2.44 bits per heavy atom. The maximum Gasteiger partial charge on any atom is 0.418 e. The molecule has 0 aliphatic heterocycles. The fourth-order valence-electron chi connectivity index (χ4n) is 1.42. The summed E-state index contributed by atoms with van der Waals surface area (Å²) in [5.41, 5.74) is -0.688. The molecule has 0 saturated heterocycles. The molecule has 0 amide bonds. The van der Waals surface area contributed by atoms with Crippen molar-refractivity contribution in [3.05, 3.63) is 28.2 Å². The van der Waals surface area contributed by atoms with Gasteiger partial charge in [-0.25, -0.2) is 0 Å². The van der Waals surface area contributed by atoms with Gasteiger partial charge in [0.15, 0.2) is 0 Å². The number of aliphatic hydroxyl groups is 1. The minimum Gasteiger partial charge on any atom is -0.396 e. The standard InChI is InChI=1S/C12H15BrF3NO/c1-7(6-18)8(2)17-11-4-3-9(13)5-10(11)12(14,15)16/h3-5,7-8,17-18H,6H2,1-2H3. The van der Waals surface area contributed by atoms with Crippen molar-refractivity contribution in [3.63, 3.8) is 0 Å². The summed E-state index contributed by atoms with van der Waals surface area (Å²) in [7, 11) is 0. The van der Waals surface area contributed by atoms with Crippen molar-refractivity contribution in [2.24, 2.45) is 5.92 Å². The molecule has 18 heavy (non-hydrogen) atoms. The van der Waals surface area contributed by atoms with Crippen molar-refractivity contribution in [2.45, 2.75) is 26.1 Å². The number of halogens is 4. The summed E-state index contributed by atoms with van der Waals surface area (Å²) in [6, 6.07) is 3.72. The number of alkyl halides is 3. The number of aliphatic hydroxyl groups excluding tert-OH is 1. The Hall–Kier alpha value is -0.750. The Bertz CT molecular complexity index is 409. The molecule has 0 heterocycles. The van der Waals surface area contributed by atoms with Gasteiger partial charge in [-0.1, -0.05) is 22.9 Å². The van der Waals surface area contributed by atoms with Gasteiger partial charge >= 0.3 is 6.18 Å². The molecule has 0 fully saturated rings. The van der Waals surface area contributed by atoms with E-state index in [0.29, 0.717) is 4.47 Å². The molecule has 102 valence electrons. The summed E-state index contributed by atoms with van der Waals surface area (Å²) in [5, 5.41) is 11.8. The minimum atomic E-state index is -4.41. The van der Waals surface area contributed by atoms with Crippen LogP contribution in [-0.4, -0.2) is 17.8 Å². The number of rotatable bonds is 4. The van der Waals surface area contributed by atoms with E-state index >= 15 is 0 Å². The van der Waals surface area contributed by atoms with Crippen molar-refractivity contribution < 1.29 is 18.3 Å². The molecule has 0 saturated carbocycles. The first-order valence-electron chi connectivity index (χ1n) is 5.50. The lowest BCUT2D eigenvalue weighted by atomic mass is 10.0. The number of hydrogen-bond acceptors (Lipinski definition) is 2. The second kappa shape index (κ2) is 5.93. The van der Waals surface area contributed by atoms with Gasteiger partial charge in [-0.05, 0) is 31.0 Å². The van der Waals surface area contributed by atoms with Crippen LogP contribution in [0.4, 0.5) is 18.9 Å². The molecule has 1 rings (SSSR count). The fourth-order valence-corrected chi connectivity index (χ4v) is 1.78. The fraction of sp³-hybridized carbons (Fsp3) is 0.500. The molecule has 2 unspecified atom stereocenters. The molecule has 1 aromatic carbocycles. The second-order valence-electron chi connectivity index (χ2n) is 4.28. The molecule has 0 bridgehead atoms. The molecular formula is C12H15BrF3NO. The van der Waals surface area contributed by atoms with Crippen LogP contribution in [0, 0.1) is 5.92 Å². The molecule has 0 radical (unpaired) electrons. The van der Waals surface area contributed by atoms with Gasteiger partial charge in [0.25, 0.3) is 0 Å². The monoisotopic (exact) mass is 325 g/mol. The maximum atomic E-state index is 12.9. The zero-order chi connectivity index (χ0) is 13.9. The van der Waals surface area contributed by atoms with Crippen LogP contribution in [0.15, 0.2) is 22.7 Å². The zero-order valence-corrected chi connectivity index (χ0v) is 11.6. The molecule has 0 aliphatic carbocycles. The van der Waals surface area contributed by atoms with Crippen molar-refractivity contribution in [1.82, 2.24) is 0 Å². The van der Waals surface area contributed by atoms with E-state index in [-0.39, 0.29) is 24.3 Å². The van der Waals surface area contributed by atoms with Crippen molar-refractivity contribution in [2.75, 3.05) is 11.9 Å². The van der Waals surface area contributed by atoms with Crippen LogP contribution in [0.1, 0.15) is 19.4 Å². The van der Waals surface area contributed by atoms with E-state index in [9.17, 15) is 13.2 Å². The Morgan fingerprint density at radius 1 is 1.33 bits per heavy atom. The number of benzene rings is 1. The Kier molecular flexibility index (Phi) is 5.04. The van der Waals surface area contributed by atoms with Crippen molar-refractivity contribution >= 4 is 21.6 Å². The summed E-state index contributed by atoms with van der Waals surface area (Å²) in [6.07, 6.45) is -4.41. The molecule has 1 aromatic rings. The first-order chi connectivity index (χ1) is 8.25. The zero-order valence-electron chi connectivity index (χ0n) is 10.1. The Labute approximate surface area is 112 Å². The number of anilines is 1. The normalized spacial score (nSPS) is 15.3. The molecule has 2 nitrogen and oxygen atoms in total. The molecular weight excluding hydrogens is 311 g/mol. The highest BCUT2D eigenvalue weighted by Gasteiger charge is 2.34. The molecule has 2 N–H and O–H groups in total. The smallest absolute Gasteiger partial charge is 0.396 e. The summed E-state index contributed by atoms with van der Waals surface area (Å²) >= 11 is 3.03. The highest BCUT2D eigenvalue weighted by Crippen LogP contribution is 2.37. The average molecular weight is 326 g/mol. The van der Waals surface area contributed by atoms with Crippen molar-refractivity contribution in [1.29, 1.82) is 0 Å². The molecule has 0 aromatic heterocycles. The maximum absolute atomic E-state index is 12.9. The molecule has 0 aliphatic rings. The third kappa shape index (κ3) is 3.88. The second-order valence-corrected chi connectivity index (χ2v) is 5.20. The largest absolute Gasteiger partial charge is 0.418 e. The average Bonchev–Trinajstić information content (AvgIpc) is 2.28. The molecule has 2 atom stereocenters. The molecule has 0 spiro atoms. The van der Waals surface area contributed by atoms with E-state index in [1.54, 1.807) is 19.9 Å². The van der Waals surface area contributed by atoms with E-state index in [0.717, 1.165) is 6.07 Å². The summed E-state index contributed by atoms with van der Waals surface area (Å²) in [4.78, 5) is 0. The predicted octanol–water partition coefficient (Wildman–Crippen LogP) is 3.90. The summed E-state index contributed by atoms with van der Waals surface area (Å²) < 4.78 is 38.9. The SMILES string of the molecule is CC(CO)C(C)Nc1ccc(Br)cc1C(F)(F)F. The Balaban J connectivity index is 3.02. The van der Waals surface area contributed by atoms with Crippen LogP contribution < -0.4 is 5.32 Å². The lowest BCUT2D eigenvalue weighted by Gasteiger charge is -2.23. The van der Waals surface area contributed by atoms with E-state index < -0.39 is 11.7 Å². The van der Waals surface area contributed by atoms with Crippen LogP contribution >= 0.6 is 15.9 Å². The van der Waals surface area contributed by atoms with Gasteiger partial charge in [-0.2, -0.15) is 13.2 Å². The van der Waals surface area contributed by atoms with Gasteiger partial charge < -0.3 is 10.4 Å². The first kappa shape index (κ1) is 15.3. The van der Waals surface area contributed by atoms with E-state index in [1.807, 2.05) is 0 Å². The van der Waals surface area contributed by atoms with Gasteiger partial charge in [0.05, 0.1) is 5.56 Å². The van der Waals surface area contributed by atoms with Crippen LogP contribution in [0.2, 0.25) is 0 Å². The number of nitrogens with one attached hydrogen (secondary N) is 1. The third-order valence-electron chi connectivity index (χ3n) is 2.81. The van der Waals surface area contributed by atoms with Crippen LogP contribution in [0.3, 0.4) is 0 Å². The van der Waals surface area contributed by atoms with Gasteiger partial charge in [0, 0.05) is 22.8 Å². The van der Waals surface area contributed by atoms with Crippen LogP contribution in [0.25, 0.3) is 0 Å². The third-order valence-corrected chi connectivity index (χ3v) is 3.30. The van der Waals surface area contributed by atoms with E-state index in [4.69, 9.17) is 5.11 Å². The van der Waals surface area contributed by atoms with Crippen molar-refractivity contribution in [3.8, 4) is 0 Å². The topological polar surface area (TPSA) is 32.3 Å². The number of hydrogen-bond donors (Lipinski definition) is 2. The lowest BCUT2D eigenvalue weighted by Crippen LogP contribution is -2.27. The minimum absolute atomic E-state index is 0.0264. The van der Waals surface area contributed by atoms with E-state index in [2.05, 4.69) is 21.2 Å². The highest BCUT2D eigenvalue weighted by molar-refractivity contribution is 9.10. The predicted molar refractivity (Wildman–Crippen MR) is 68.5 cm³/mol. The first-order valence-corrected chi connectivity index (χ1v) is 6.29. The van der Waals surface area contributed by atoms with Crippen LogP contribution in [0.5, 0.6) is 0 Å². The summed E-state index contributed by atoms with van der Waals surface area (Å²) in [5.74, 6) is -0.130. The van der Waals surface area contributed by atoms with Gasteiger partial charge in [0.1, 0.15) is 0 Å². The van der Waals surface area contributed by atoms with E-state index in [1.165, 1.54) is 6.07 Å². The summed E-state index contributed by atoms with van der Waals surface area (Å²) in [6.45, 7) is 3.43. The van der Waals surface area contributed by atoms with Crippen LogP contribution in [-0.2, 0) is 6.18 Å². The van der Waals surface area contributed by atoms with Gasteiger partial charge in [-0.15, -0.1) is 0 Å².